The fourth-order valence-corrected chi connectivity index (χ4v) is 10.9. The summed E-state index contributed by atoms with van der Waals surface area (Å²) in [4.78, 5) is 24.7. The molecule has 0 amide bonds. The average molecular weight is 1170 g/mol. The molecule has 1 atom stereocenters. The highest BCUT2D eigenvalue weighted by Gasteiger charge is 2.16. The average Bonchev–Trinajstić information content (AvgIpc) is 3.51. The molecular weight excluding hydrogens is 1030 g/mol. The van der Waals surface area contributed by atoms with Gasteiger partial charge in [-0.1, -0.05) is 361 Å². The largest absolute Gasteiger partial charge is 0.462 e. The van der Waals surface area contributed by atoms with Gasteiger partial charge >= 0.3 is 11.9 Å². The van der Waals surface area contributed by atoms with E-state index in [1.165, 1.54) is 263 Å². The topological polar surface area (TPSA) is 72.8 Å². The number of esters is 2. The molecule has 0 aliphatic carbocycles. The molecule has 0 saturated heterocycles. The summed E-state index contributed by atoms with van der Waals surface area (Å²) in [6.07, 6.45) is 106. The molecule has 1 unspecified atom stereocenters. The molecule has 84 heavy (non-hydrogen) atoms. The van der Waals surface area contributed by atoms with Crippen LogP contribution in [-0.4, -0.2) is 36.4 Å². The Morgan fingerprint density at radius 2 is 0.512 bits per heavy atom. The second-order valence-corrected chi connectivity index (χ2v) is 24.6. The van der Waals surface area contributed by atoms with Gasteiger partial charge in [0.15, 0.2) is 6.10 Å². The third-order valence-corrected chi connectivity index (χ3v) is 16.4. The molecule has 0 spiro atoms. The minimum absolute atomic E-state index is 0.0648. The van der Waals surface area contributed by atoms with Gasteiger partial charge in [0.2, 0.25) is 0 Å². The van der Waals surface area contributed by atoms with Gasteiger partial charge in [0.1, 0.15) is 6.61 Å². The molecule has 0 aromatic carbocycles. The molecule has 0 aromatic rings. The maximum atomic E-state index is 12.4. The van der Waals surface area contributed by atoms with Crippen molar-refractivity contribution in [3.8, 4) is 0 Å². The fourth-order valence-electron chi connectivity index (χ4n) is 10.9. The van der Waals surface area contributed by atoms with Crippen LogP contribution < -0.4 is 0 Å². The van der Waals surface area contributed by atoms with Crippen molar-refractivity contribution in [1.82, 2.24) is 0 Å². The van der Waals surface area contributed by atoms with Gasteiger partial charge in [0.05, 0.1) is 6.61 Å². The summed E-state index contributed by atoms with van der Waals surface area (Å²) >= 11 is 0. The molecule has 0 rings (SSSR count). The summed E-state index contributed by atoms with van der Waals surface area (Å²) in [5, 5.41) is 9.71. The first kappa shape index (κ1) is 80.8. The highest BCUT2D eigenvalue weighted by atomic mass is 16.6. The van der Waals surface area contributed by atoms with E-state index in [0.717, 1.165) is 83.5 Å². The lowest BCUT2D eigenvalue weighted by molar-refractivity contribution is -0.161. The normalized spacial score (nSPS) is 12.8. The Labute approximate surface area is 523 Å². The van der Waals surface area contributed by atoms with Crippen molar-refractivity contribution in [2.75, 3.05) is 13.2 Å². The summed E-state index contributed by atoms with van der Waals surface area (Å²) in [5.74, 6) is -0.576. The van der Waals surface area contributed by atoms with Gasteiger partial charge in [0, 0.05) is 12.8 Å². The van der Waals surface area contributed by atoms with Crippen molar-refractivity contribution in [2.45, 2.75) is 380 Å². The maximum absolute atomic E-state index is 12.4. The molecule has 0 radical (unpaired) electrons. The molecule has 486 valence electrons. The molecule has 0 bridgehead atoms. The number of unbranched alkanes of at least 4 members (excludes halogenated alkanes) is 44. The van der Waals surface area contributed by atoms with Crippen LogP contribution in [0.5, 0.6) is 0 Å². The van der Waals surface area contributed by atoms with Crippen molar-refractivity contribution < 1.29 is 24.2 Å². The lowest BCUT2D eigenvalue weighted by Crippen LogP contribution is -2.28. The van der Waals surface area contributed by atoms with Crippen LogP contribution in [0.1, 0.15) is 373 Å². The number of carbonyl (C=O) groups excluding carboxylic acids is 2. The van der Waals surface area contributed by atoms with Crippen LogP contribution in [0.25, 0.3) is 0 Å². The number of rotatable bonds is 68. The number of hydrogen-bond acceptors (Lipinski definition) is 5. The molecular formula is C79H140O5. The summed E-state index contributed by atoms with van der Waals surface area (Å²) in [5.41, 5.74) is 0. The predicted octanol–water partition coefficient (Wildman–Crippen LogP) is 25.8. The molecule has 0 aliphatic rings. The summed E-state index contributed by atoms with van der Waals surface area (Å²) in [7, 11) is 0. The van der Waals surface area contributed by atoms with Crippen LogP contribution >= 0.6 is 0 Å². The third-order valence-electron chi connectivity index (χ3n) is 16.4. The number of ether oxygens (including phenoxy) is 2. The number of hydrogen-bond donors (Lipinski definition) is 1. The fraction of sp³-hybridized carbons (Fsp3) is 0.772. The predicted molar refractivity (Wildman–Crippen MR) is 371 cm³/mol. The van der Waals surface area contributed by atoms with Gasteiger partial charge in [-0.15, -0.1) is 0 Å². The van der Waals surface area contributed by atoms with Gasteiger partial charge in [-0.2, -0.15) is 0 Å². The second-order valence-electron chi connectivity index (χ2n) is 24.6. The van der Waals surface area contributed by atoms with Crippen molar-refractivity contribution in [1.29, 1.82) is 0 Å². The number of allylic oxidation sites excluding steroid dienone is 16. The lowest BCUT2D eigenvalue weighted by atomic mass is 10.0. The number of carbonyl (C=O) groups is 2. The third kappa shape index (κ3) is 71.3. The van der Waals surface area contributed by atoms with Crippen molar-refractivity contribution >= 4 is 11.9 Å². The molecule has 0 fully saturated rings. The van der Waals surface area contributed by atoms with Crippen LogP contribution in [0.15, 0.2) is 97.2 Å². The van der Waals surface area contributed by atoms with Gasteiger partial charge < -0.3 is 14.6 Å². The first-order valence-corrected chi connectivity index (χ1v) is 36.8. The van der Waals surface area contributed by atoms with Crippen molar-refractivity contribution in [3.63, 3.8) is 0 Å². The number of aliphatic hydroxyl groups excluding tert-OH is 1. The first-order chi connectivity index (χ1) is 41.6. The molecule has 0 saturated carbocycles. The van der Waals surface area contributed by atoms with Crippen LogP contribution in [0.4, 0.5) is 0 Å². The SMILES string of the molecule is CC/C=C\C/C=C\C/C=C\C/C=C\C/C=C\C/C=C\CCCCCCCCCCCCCCCCC(=O)OC(CO)COC(=O)CCCCCCCCCCCCCCCCCCCCCCCCCCC/C=C\C/C=C\CCCCCCC. The monoisotopic (exact) mass is 1170 g/mol. The molecule has 5 nitrogen and oxygen atoms in total. The zero-order valence-electron chi connectivity index (χ0n) is 55.9. The minimum atomic E-state index is -0.777. The second kappa shape index (κ2) is 74.1. The minimum Gasteiger partial charge on any atom is -0.462 e. The molecule has 5 heteroatoms. The van der Waals surface area contributed by atoms with Crippen LogP contribution in [0.2, 0.25) is 0 Å². The van der Waals surface area contributed by atoms with Gasteiger partial charge in [-0.05, 0) is 96.3 Å². The van der Waals surface area contributed by atoms with E-state index in [9.17, 15) is 14.7 Å². The van der Waals surface area contributed by atoms with E-state index in [4.69, 9.17) is 9.47 Å². The summed E-state index contributed by atoms with van der Waals surface area (Å²) < 4.78 is 10.8. The van der Waals surface area contributed by atoms with Crippen molar-refractivity contribution in [3.05, 3.63) is 97.2 Å². The van der Waals surface area contributed by atoms with E-state index in [1.54, 1.807) is 0 Å². The van der Waals surface area contributed by atoms with Crippen LogP contribution in [-0.2, 0) is 19.1 Å². The van der Waals surface area contributed by atoms with E-state index >= 15 is 0 Å². The molecule has 0 aromatic heterocycles. The van der Waals surface area contributed by atoms with Gasteiger partial charge in [0.25, 0.3) is 0 Å². The van der Waals surface area contributed by atoms with Gasteiger partial charge in [-0.25, -0.2) is 0 Å². The van der Waals surface area contributed by atoms with Crippen LogP contribution in [0, 0.1) is 0 Å². The van der Waals surface area contributed by atoms with E-state index in [2.05, 4.69) is 111 Å². The maximum Gasteiger partial charge on any atom is 0.306 e. The summed E-state index contributed by atoms with van der Waals surface area (Å²) in [6.45, 7) is 4.06. The Morgan fingerprint density at radius 1 is 0.286 bits per heavy atom. The highest BCUT2D eigenvalue weighted by molar-refractivity contribution is 5.70. The zero-order valence-corrected chi connectivity index (χ0v) is 55.9. The van der Waals surface area contributed by atoms with E-state index in [1.807, 2.05) is 0 Å². The first-order valence-electron chi connectivity index (χ1n) is 36.8. The Morgan fingerprint density at radius 3 is 0.774 bits per heavy atom. The molecule has 1 N–H and O–H groups in total. The van der Waals surface area contributed by atoms with E-state index < -0.39 is 6.10 Å². The zero-order chi connectivity index (χ0) is 60.5. The Hall–Kier alpha value is -3.18. The number of aliphatic hydroxyl groups is 1. The highest BCUT2D eigenvalue weighted by Crippen LogP contribution is 2.18. The van der Waals surface area contributed by atoms with E-state index in [-0.39, 0.29) is 25.2 Å². The smallest absolute Gasteiger partial charge is 0.306 e. The molecule has 0 aliphatic heterocycles. The van der Waals surface area contributed by atoms with Crippen molar-refractivity contribution in [2.24, 2.45) is 0 Å². The van der Waals surface area contributed by atoms with Crippen LogP contribution in [0.3, 0.4) is 0 Å². The van der Waals surface area contributed by atoms with Gasteiger partial charge in [-0.3, -0.25) is 9.59 Å². The Balaban J connectivity index is 3.42. The Bertz CT molecular complexity index is 1560. The lowest BCUT2D eigenvalue weighted by Gasteiger charge is -2.15. The quantitative estimate of drug-likeness (QED) is 0.0373. The standard InChI is InChI=1S/C79H140O5/c1-3-5-7-9-11-13-15-17-19-21-23-25-27-29-31-33-35-37-38-39-40-42-43-45-47-49-51-53-55-57-59-61-63-65-67-69-71-73-78(81)83-76-77(75-80)84-79(82)74-72-70-68-66-64-62-60-58-56-54-52-50-48-46-44-41-36-34-32-30-28-26-24-22-20-18-16-14-12-10-8-6-4-2/h6,8,12,14-15,17-18,20-21,23-24,26,30,32,36,41,77,80H,3-5,7,9-11,13,16,19,22,25,27-29,31,33-35,37-40,42-76H2,1-2H3/b8-6-,14-12-,17-15-,20-18-,23-21-,26-24-,32-30-,41-36-. The summed E-state index contributed by atoms with van der Waals surface area (Å²) in [6, 6.07) is 0. The Kier molecular flexibility index (Phi) is 71.3. The van der Waals surface area contributed by atoms with E-state index in [0.29, 0.717) is 12.8 Å². The molecule has 0 heterocycles.